The molecule has 0 unspecified atom stereocenters. The minimum atomic E-state index is 0.939. The Morgan fingerprint density at radius 2 is 1.60 bits per heavy atom. The second kappa shape index (κ2) is 11.0. The molecule has 0 aromatic heterocycles. The van der Waals surface area contributed by atoms with Crippen LogP contribution in [0.15, 0.2) is 66.8 Å². The smallest absolute Gasteiger partial charge is 0.00141 e. The molecule has 0 bridgehead atoms. The molecule has 0 heteroatoms. The summed E-state index contributed by atoms with van der Waals surface area (Å²) in [7, 11) is 0. The van der Waals surface area contributed by atoms with Gasteiger partial charge in [-0.05, 0) is 28.7 Å². The van der Waals surface area contributed by atoms with Gasteiger partial charge in [-0.15, -0.1) is 0 Å². The van der Waals surface area contributed by atoms with E-state index in [1.807, 2.05) is 26.0 Å². The van der Waals surface area contributed by atoms with Crippen LogP contribution in [0.1, 0.15) is 45.2 Å². The Hall–Kier alpha value is -1.82. The van der Waals surface area contributed by atoms with E-state index in [0.29, 0.717) is 0 Å². The zero-order valence-electron chi connectivity index (χ0n) is 13.4. The molecule has 20 heavy (non-hydrogen) atoms. The molecule has 108 valence electrons. The van der Waals surface area contributed by atoms with Crippen LogP contribution in [0.5, 0.6) is 0 Å². The van der Waals surface area contributed by atoms with E-state index < -0.39 is 0 Å². The highest BCUT2D eigenvalue weighted by Crippen LogP contribution is 2.23. The molecule has 0 fully saturated rings. The first kappa shape index (κ1) is 18.2. The predicted octanol–water partition coefficient (Wildman–Crippen LogP) is 6.37. The van der Waals surface area contributed by atoms with Crippen molar-refractivity contribution >= 4 is 6.08 Å². The summed E-state index contributed by atoms with van der Waals surface area (Å²) in [5, 5.41) is 0. The van der Waals surface area contributed by atoms with E-state index >= 15 is 0 Å². The third-order valence-corrected chi connectivity index (χ3v) is 2.72. The minimum Gasteiger partial charge on any atom is -0.0988 e. The number of rotatable bonds is 2. The lowest BCUT2D eigenvalue weighted by Gasteiger charge is -2.05. The van der Waals surface area contributed by atoms with Gasteiger partial charge in [-0.3, -0.25) is 0 Å². The standard InChI is InChI=1S/C15H14.C3H8.C2H6/c1-3-12-9-10-14-7-5-6-8-15(14)11-13(12)4-2;1-3-2;1-2/h3-10H,1-2,11H2;3H2,1-2H3;1-2H3. The van der Waals surface area contributed by atoms with Crippen LogP contribution < -0.4 is 0 Å². The molecule has 0 saturated heterocycles. The fourth-order valence-corrected chi connectivity index (χ4v) is 1.84. The lowest BCUT2D eigenvalue weighted by molar-refractivity contribution is 1.09. The van der Waals surface area contributed by atoms with Gasteiger partial charge < -0.3 is 0 Å². The Balaban J connectivity index is 0.000000641. The van der Waals surface area contributed by atoms with Gasteiger partial charge in [0, 0.05) is 0 Å². The maximum atomic E-state index is 3.86. The average Bonchev–Trinajstić information content (AvgIpc) is 2.68. The van der Waals surface area contributed by atoms with Crippen molar-refractivity contribution in [3.05, 3.63) is 77.9 Å². The van der Waals surface area contributed by atoms with Gasteiger partial charge in [-0.1, -0.05) is 95.8 Å². The molecule has 0 amide bonds. The van der Waals surface area contributed by atoms with Gasteiger partial charge in [0.05, 0.1) is 0 Å². The van der Waals surface area contributed by atoms with Gasteiger partial charge in [0.25, 0.3) is 0 Å². The highest BCUT2D eigenvalue weighted by Gasteiger charge is 2.07. The van der Waals surface area contributed by atoms with E-state index in [1.165, 1.54) is 28.7 Å². The second-order valence-corrected chi connectivity index (χ2v) is 4.30. The van der Waals surface area contributed by atoms with Gasteiger partial charge >= 0.3 is 0 Å². The maximum absolute atomic E-state index is 3.86. The van der Waals surface area contributed by atoms with E-state index in [9.17, 15) is 0 Å². The van der Waals surface area contributed by atoms with Crippen LogP contribution in [0.2, 0.25) is 0 Å². The molecule has 2 rings (SSSR count). The predicted molar refractivity (Wildman–Crippen MR) is 93.9 cm³/mol. The normalized spacial score (nSPS) is 12.0. The lowest BCUT2D eigenvalue weighted by atomic mass is 10.00. The molecular weight excluding hydrogens is 240 g/mol. The van der Waals surface area contributed by atoms with E-state index in [1.54, 1.807) is 0 Å². The number of fused-ring (bicyclic) bond motifs is 1. The summed E-state index contributed by atoms with van der Waals surface area (Å²) >= 11 is 0. The van der Waals surface area contributed by atoms with Crippen molar-refractivity contribution in [2.45, 2.75) is 40.5 Å². The molecular formula is C20H28. The molecule has 0 heterocycles. The fourth-order valence-electron chi connectivity index (χ4n) is 1.84. The Kier molecular flexibility index (Phi) is 10.0. The summed E-state index contributed by atoms with van der Waals surface area (Å²) in [6.45, 7) is 15.9. The van der Waals surface area contributed by atoms with Crippen LogP contribution in [0.3, 0.4) is 0 Å². The van der Waals surface area contributed by atoms with Crippen LogP contribution in [-0.4, -0.2) is 0 Å². The quantitative estimate of drug-likeness (QED) is 0.585. The zero-order valence-corrected chi connectivity index (χ0v) is 13.4. The van der Waals surface area contributed by atoms with Crippen LogP contribution >= 0.6 is 0 Å². The molecule has 0 radical (unpaired) electrons. The zero-order chi connectivity index (χ0) is 15.4. The van der Waals surface area contributed by atoms with Crippen molar-refractivity contribution in [1.29, 1.82) is 0 Å². The molecule has 0 N–H and O–H groups in total. The molecule has 1 aromatic carbocycles. The van der Waals surface area contributed by atoms with E-state index in [4.69, 9.17) is 0 Å². The number of hydrogen-bond acceptors (Lipinski definition) is 0. The van der Waals surface area contributed by atoms with Gasteiger partial charge in [-0.25, -0.2) is 0 Å². The molecule has 0 atom stereocenters. The van der Waals surface area contributed by atoms with Crippen molar-refractivity contribution in [3.8, 4) is 0 Å². The van der Waals surface area contributed by atoms with Gasteiger partial charge in [-0.2, -0.15) is 0 Å². The average molecular weight is 268 g/mol. The van der Waals surface area contributed by atoms with Crippen molar-refractivity contribution in [2.75, 3.05) is 0 Å². The molecule has 0 aliphatic heterocycles. The van der Waals surface area contributed by atoms with Crippen molar-refractivity contribution in [1.82, 2.24) is 0 Å². The third kappa shape index (κ3) is 5.44. The van der Waals surface area contributed by atoms with Crippen LogP contribution in [0, 0.1) is 0 Å². The summed E-state index contributed by atoms with van der Waals surface area (Å²) in [6.07, 6.45) is 10.2. The summed E-state index contributed by atoms with van der Waals surface area (Å²) in [6, 6.07) is 8.44. The topological polar surface area (TPSA) is 0 Å². The first-order chi connectivity index (χ1) is 9.76. The molecule has 0 saturated carbocycles. The number of hydrogen-bond donors (Lipinski definition) is 0. The highest BCUT2D eigenvalue weighted by molar-refractivity contribution is 5.63. The lowest BCUT2D eigenvalue weighted by Crippen LogP contribution is -1.90. The van der Waals surface area contributed by atoms with Crippen molar-refractivity contribution < 1.29 is 0 Å². The van der Waals surface area contributed by atoms with Crippen molar-refractivity contribution in [2.24, 2.45) is 0 Å². The number of allylic oxidation sites excluding steroid dienone is 5. The highest BCUT2D eigenvalue weighted by atomic mass is 14.1. The third-order valence-electron chi connectivity index (χ3n) is 2.72. The van der Waals surface area contributed by atoms with Crippen LogP contribution in [0.4, 0.5) is 0 Å². The molecule has 1 aliphatic rings. The van der Waals surface area contributed by atoms with E-state index in [-0.39, 0.29) is 0 Å². The van der Waals surface area contributed by atoms with Crippen LogP contribution in [0.25, 0.3) is 6.08 Å². The summed E-state index contributed by atoms with van der Waals surface area (Å²) < 4.78 is 0. The minimum absolute atomic E-state index is 0.939. The second-order valence-electron chi connectivity index (χ2n) is 4.30. The first-order valence-corrected chi connectivity index (χ1v) is 7.50. The Morgan fingerprint density at radius 3 is 2.15 bits per heavy atom. The molecule has 0 nitrogen and oxygen atoms in total. The summed E-state index contributed by atoms with van der Waals surface area (Å²) in [5.74, 6) is 0. The first-order valence-electron chi connectivity index (χ1n) is 7.50. The van der Waals surface area contributed by atoms with Gasteiger partial charge in [0.1, 0.15) is 0 Å². The summed E-state index contributed by atoms with van der Waals surface area (Å²) in [4.78, 5) is 0. The van der Waals surface area contributed by atoms with Gasteiger partial charge in [0.15, 0.2) is 0 Å². The molecule has 1 aliphatic carbocycles. The van der Waals surface area contributed by atoms with E-state index in [0.717, 1.165) is 6.42 Å². The molecule has 0 spiro atoms. The van der Waals surface area contributed by atoms with E-state index in [2.05, 4.69) is 63.4 Å². The summed E-state index contributed by atoms with van der Waals surface area (Å²) in [5.41, 5.74) is 5.04. The maximum Gasteiger partial charge on any atom is -0.00141 e. The monoisotopic (exact) mass is 268 g/mol. The molecule has 1 aromatic rings. The number of benzene rings is 1. The SMILES string of the molecule is C=CC1=C(C=C)Cc2ccccc2C=C1.CC.CCC. The fraction of sp³-hybridized carbons (Fsp3) is 0.300. The van der Waals surface area contributed by atoms with Crippen LogP contribution in [-0.2, 0) is 6.42 Å². The Labute approximate surface area is 125 Å². The van der Waals surface area contributed by atoms with Crippen molar-refractivity contribution in [3.63, 3.8) is 0 Å². The largest absolute Gasteiger partial charge is 0.0988 e. The van der Waals surface area contributed by atoms with Gasteiger partial charge in [0.2, 0.25) is 0 Å². The Bertz CT molecular complexity index is 473. The Morgan fingerprint density at radius 1 is 1.00 bits per heavy atom.